The quantitative estimate of drug-likeness (QED) is 0.467. The van der Waals surface area contributed by atoms with Gasteiger partial charge in [-0.1, -0.05) is 28.8 Å². The molecule has 0 bridgehead atoms. The van der Waals surface area contributed by atoms with Gasteiger partial charge in [0.1, 0.15) is 0 Å². The number of rotatable bonds is 11. The van der Waals surface area contributed by atoms with Crippen LogP contribution in [-0.4, -0.2) is 38.8 Å². The predicted molar refractivity (Wildman–Crippen MR) is 75.1 cm³/mol. The fourth-order valence-corrected chi connectivity index (χ4v) is 2.58. The molecule has 0 radical (unpaired) electrons. The highest BCUT2D eigenvalue weighted by Gasteiger charge is 2.09. The lowest BCUT2D eigenvalue weighted by Crippen LogP contribution is -2.29. The molecule has 6 heteroatoms. The van der Waals surface area contributed by atoms with Gasteiger partial charge in [-0.25, -0.2) is 13.1 Å². The summed E-state index contributed by atoms with van der Waals surface area (Å²) in [6, 6.07) is 0. The third-order valence-corrected chi connectivity index (χ3v) is 4.09. The number of unbranched alkanes of at least 4 members (excludes halogenated alkanes) is 3. The molecular formula is C11H24BrNO3S. The first-order valence-electron chi connectivity index (χ1n) is 6.13. The van der Waals surface area contributed by atoms with Crippen molar-refractivity contribution in [2.24, 2.45) is 0 Å². The van der Waals surface area contributed by atoms with Gasteiger partial charge in [0.15, 0.2) is 0 Å². The highest BCUT2D eigenvalue weighted by Crippen LogP contribution is 2.01. The summed E-state index contributed by atoms with van der Waals surface area (Å²) in [5.41, 5.74) is 0. The van der Waals surface area contributed by atoms with Crippen LogP contribution in [0.3, 0.4) is 0 Å². The molecule has 0 saturated carbocycles. The van der Waals surface area contributed by atoms with Crippen LogP contribution >= 0.6 is 15.9 Å². The topological polar surface area (TPSA) is 55.4 Å². The van der Waals surface area contributed by atoms with Crippen molar-refractivity contribution >= 4 is 26.0 Å². The first-order chi connectivity index (χ1) is 7.98. The second kappa shape index (κ2) is 10.3. The van der Waals surface area contributed by atoms with Crippen molar-refractivity contribution in [3.63, 3.8) is 0 Å². The Balaban J connectivity index is 3.51. The Morgan fingerprint density at radius 3 is 2.41 bits per heavy atom. The van der Waals surface area contributed by atoms with E-state index in [9.17, 15) is 8.42 Å². The molecule has 0 aromatic heterocycles. The maximum Gasteiger partial charge on any atom is 0.213 e. The van der Waals surface area contributed by atoms with Gasteiger partial charge in [-0.05, 0) is 26.7 Å². The Kier molecular flexibility index (Phi) is 10.5. The van der Waals surface area contributed by atoms with Crippen LogP contribution in [0.25, 0.3) is 0 Å². The minimum absolute atomic E-state index is 0.0482. The summed E-state index contributed by atoms with van der Waals surface area (Å²) in [4.78, 5) is 0. The average molecular weight is 330 g/mol. The van der Waals surface area contributed by atoms with Crippen LogP contribution in [0, 0.1) is 0 Å². The zero-order valence-corrected chi connectivity index (χ0v) is 13.1. The Labute approximate surface area is 114 Å². The highest BCUT2D eigenvalue weighted by atomic mass is 79.9. The van der Waals surface area contributed by atoms with Crippen LogP contribution in [0.4, 0.5) is 0 Å². The fourth-order valence-electron chi connectivity index (χ4n) is 1.27. The number of hydrogen-bond donors (Lipinski definition) is 1. The number of nitrogens with one attached hydrogen (secondary N) is 1. The van der Waals surface area contributed by atoms with Crippen LogP contribution in [-0.2, 0) is 14.8 Å². The van der Waals surface area contributed by atoms with Crippen LogP contribution in [0.2, 0.25) is 0 Å². The van der Waals surface area contributed by atoms with Crippen molar-refractivity contribution < 1.29 is 13.2 Å². The number of halogens is 1. The second-order valence-electron chi connectivity index (χ2n) is 4.24. The molecule has 0 aliphatic carbocycles. The molecular weight excluding hydrogens is 306 g/mol. The molecule has 0 heterocycles. The zero-order valence-electron chi connectivity index (χ0n) is 10.7. The van der Waals surface area contributed by atoms with Crippen molar-refractivity contribution in [1.82, 2.24) is 4.72 Å². The third kappa shape index (κ3) is 12.6. The summed E-state index contributed by atoms with van der Waals surface area (Å²) in [6.45, 7) is 4.58. The van der Waals surface area contributed by atoms with E-state index < -0.39 is 10.0 Å². The van der Waals surface area contributed by atoms with E-state index in [-0.39, 0.29) is 18.5 Å². The maximum atomic E-state index is 11.5. The van der Waals surface area contributed by atoms with Crippen LogP contribution in [0.15, 0.2) is 0 Å². The molecule has 0 spiro atoms. The number of sulfonamides is 1. The van der Waals surface area contributed by atoms with E-state index in [0.717, 1.165) is 31.0 Å². The van der Waals surface area contributed by atoms with Crippen molar-refractivity contribution in [3.05, 3.63) is 0 Å². The van der Waals surface area contributed by atoms with Crippen molar-refractivity contribution in [2.75, 3.05) is 24.2 Å². The zero-order chi connectivity index (χ0) is 13.1. The van der Waals surface area contributed by atoms with Gasteiger partial charge in [0, 0.05) is 11.9 Å². The number of alkyl halides is 1. The van der Waals surface area contributed by atoms with E-state index in [4.69, 9.17) is 4.74 Å². The molecule has 0 aliphatic rings. The molecule has 0 unspecified atom stereocenters. The summed E-state index contributed by atoms with van der Waals surface area (Å²) in [5.74, 6) is 0.0482. The van der Waals surface area contributed by atoms with E-state index in [0.29, 0.717) is 6.54 Å². The monoisotopic (exact) mass is 329 g/mol. The highest BCUT2D eigenvalue weighted by molar-refractivity contribution is 9.09. The minimum Gasteiger partial charge on any atom is -0.378 e. The number of ether oxygens (including phenoxy) is 1. The van der Waals surface area contributed by atoms with Gasteiger partial charge in [0.25, 0.3) is 0 Å². The lowest BCUT2D eigenvalue weighted by Gasteiger charge is -2.09. The van der Waals surface area contributed by atoms with E-state index in [1.165, 1.54) is 0 Å². The SMILES string of the molecule is CC(C)OCCS(=O)(=O)NCCCCCCBr. The van der Waals surface area contributed by atoms with Gasteiger partial charge in [-0.15, -0.1) is 0 Å². The molecule has 0 aromatic rings. The van der Waals surface area contributed by atoms with Gasteiger partial charge < -0.3 is 4.74 Å². The molecule has 104 valence electrons. The van der Waals surface area contributed by atoms with Gasteiger partial charge in [0.05, 0.1) is 18.5 Å². The summed E-state index contributed by atoms with van der Waals surface area (Å²) in [7, 11) is -3.15. The minimum atomic E-state index is -3.15. The van der Waals surface area contributed by atoms with Gasteiger partial charge >= 0.3 is 0 Å². The smallest absolute Gasteiger partial charge is 0.213 e. The average Bonchev–Trinajstić information content (AvgIpc) is 2.22. The Morgan fingerprint density at radius 1 is 1.18 bits per heavy atom. The maximum absolute atomic E-state index is 11.5. The predicted octanol–water partition coefficient (Wildman–Crippen LogP) is 2.29. The molecule has 0 aliphatic heterocycles. The molecule has 0 rings (SSSR count). The summed E-state index contributed by atoms with van der Waals surface area (Å²) >= 11 is 3.36. The fraction of sp³-hybridized carbons (Fsp3) is 1.00. The summed E-state index contributed by atoms with van der Waals surface area (Å²) in [6.07, 6.45) is 4.33. The Morgan fingerprint density at radius 2 is 1.82 bits per heavy atom. The largest absolute Gasteiger partial charge is 0.378 e. The molecule has 0 amide bonds. The molecule has 0 atom stereocenters. The molecule has 4 nitrogen and oxygen atoms in total. The van der Waals surface area contributed by atoms with E-state index in [2.05, 4.69) is 20.7 Å². The van der Waals surface area contributed by atoms with E-state index in [1.807, 2.05) is 13.8 Å². The molecule has 17 heavy (non-hydrogen) atoms. The van der Waals surface area contributed by atoms with Crippen molar-refractivity contribution in [1.29, 1.82) is 0 Å². The van der Waals surface area contributed by atoms with Crippen molar-refractivity contribution in [3.8, 4) is 0 Å². The first kappa shape index (κ1) is 17.4. The molecule has 1 N–H and O–H groups in total. The molecule has 0 fully saturated rings. The Hall–Kier alpha value is 0.350. The third-order valence-electron chi connectivity index (χ3n) is 2.19. The summed E-state index contributed by atoms with van der Waals surface area (Å²) in [5, 5.41) is 1.02. The standard InChI is InChI=1S/C11H24BrNO3S/c1-11(2)16-9-10-17(14,15)13-8-6-4-3-5-7-12/h11,13H,3-10H2,1-2H3. The molecule has 0 aromatic carbocycles. The van der Waals surface area contributed by atoms with E-state index >= 15 is 0 Å². The van der Waals surface area contributed by atoms with E-state index in [1.54, 1.807) is 0 Å². The normalized spacial score (nSPS) is 12.2. The van der Waals surface area contributed by atoms with Crippen LogP contribution in [0.5, 0.6) is 0 Å². The number of hydrogen-bond acceptors (Lipinski definition) is 3. The van der Waals surface area contributed by atoms with Gasteiger partial charge in [0.2, 0.25) is 10.0 Å². The lowest BCUT2D eigenvalue weighted by molar-refractivity contribution is 0.0911. The van der Waals surface area contributed by atoms with Crippen molar-refractivity contribution in [2.45, 2.75) is 45.6 Å². The van der Waals surface area contributed by atoms with Crippen LogP contribution < -0.4 is 4.72 Å². The summed E-state index contributed by atoms with van der Waals surface area (Å²) < 4.78 is 30.8. The first-order valence-corrected chi connectivity index (χ1v) is 8.90. The van der Waals surface area contributed by atoms with Gasteiger partial charge in [-0.2, -0.15) is 0 Å². The van der Waals surface area contributed by atoms with Gasteiger partial charge in [-0.3, -0.25) is 0 Å². The lowest BCUT2D eigenvalue weighted by atomic mass is 10.2. The molecule has 0 saturated heterocycles. The Bertz CT molecular complexity index is 268. The second-order valence-corrected chi connectivity index (χ2v) is 6.96. The van der Waals surface area contributed by atoms with Crippen LogP contribution in [0.1, 0.15) is 39.5 Å².